The average molecular weight is 317 g/mol. The highest BCUT2D eigenvalue weighted by Crippen LogP contribution is 2.69. The van der Waals surface area contributed by atoms with Crippen molar-refractivity contribution in [1.29, 1.82) is 0 Å². The van der Waals surface area contributed by atoms with Crippen molar-refractivity contribution >= 4 is 11.6 Å². The Balaban J connectivity index is 1.94. The van der Waals surface area contributed by atoms with Crippen molar-refractivity contribution in [2.24, 2.45) is 11.3 Å². The number of rotatable bonds is 1. The highest BCUT2D eigenvalue weighted by Gasteiger charge is 2.64. The summed E-state index contributed by atoms with van der Waals surface area (Å²) < 4.78 is 5.43. The monoisotopic (exact) mass is 316 g/mol. The van der Waals surface area contributed by atoms with Crippen LogP contribution in [-0.4, -0.2) is 12.5 Å². The molecule has 4 rings (SSSR count). The van der Waals surface area contributed by atoms with Gasteiger partial charge in [0.1, 0.15) is 5.75 Å². The predicted octanol–water partition coefficient (Wildman–Crippen LogP) is 5.25. The maximum atomic E-state index is 7.08. The van der Waals surface area contributed by atoms with Crippen LogP contribution in [0.4, 0.5) is 0 Å². The molecule has 4 atom stereocenters. The molecular formula is C20H25ClO. The third-order valence-corrected chi connectivity index (χ3v) is 7.95. The minimum atomic E-state index is 0.156. The zero-order valence-electron chi connectivity index (χ0n) is 14.0. The number of hydrogen-bond donors (Lipinski definition) is 0. The third kappa shape index (κ3) is 1.47. The SMILES string of the molecule is COc1ccc2c(c1)CC[C@@]13C(C)=C(C)[C@@H](CC[C@@]21C)[C@H]3Cl. The number of ether oxygens (including phenoxy) is 1. The molecule has 2 heteroatoms. The summed E-state index contributed by atoms with van der Waals surface area (Å²) in [6.45, 7) is 7.13. The minimum Gasteiger partial charge on any atom is -0.497 e. The Labute approximate surface area is 138 Å². The molecule has 1 aromatic rings. The van der Waals surface area contributed by atoms with Crippen LogP contribution >= 0.6 is 11.6 Å². The fraction of sp³-hybridized carbons (Fsp3) is 0.600. The standard InChI is InChI=1S/C20H25ClO/c1-12-13(2)20-10-7-14-11-15(22-4)5-6-17(14)19(20,3)9-8-16(12)18(20)21/h5-6,11,16,18H,7-10H2,1-4H3/t16-,18-,19+,20+/m1/s1. The average Bonchev–Trinajstić information content (AvgIpc) is 2.64. The van der Waals surface area contributed by atoms with Gasteiger partial charge in [-0.3, -0.25) is 0 Å². The fourth-order valence-electron chi connectivity index (χ4n) is 5.90. The topological polar surface area (TPSA) is 9.23 Å². The van der Waals surface area contributed by atoms with Crippen molar-refractivity contribution in [3.8, 4) is 5.75 Å². The van der Waals surface area contributed by atoms with E-state index in [1.54, 1.807) is 18.3 Å². The normalized spacial score (nSPS) is 39.5. The molecule has 1 spiro atoms. The van der Waals surface area contributed by atoms with E-state index in [-0.39, 0.29) is 16.2 Å². The summed E-state index contributed by atoms with van der Waals surface area (Å²) in [5.41, 5.74) is 6.45. The molecule has 1 fully saturated rings. The maximum absolute atomic E-state index is 7.08. The number of benzene rings is 1. The summed E-state index contributed by atoms with van der Waals surface area (Å²) in [7, 11) is 1.75. The zero-order chi connectivity index (χ0) is 15.7. The first kappa shape index (κ1) is 14.6. The zero-order valence-corrected chi connectivity index (χ0v) is 14.8. The molecule has 118 valence electrons. The van der Waals surface area contributed by atoms with E-state index >= 15 is 0 Å². The van der Waals surface area contributed by atoms with Gasteiger partial charge in [-0.15, -0.1) is 11.6 Å². The van der Waals surface area contributed by atoms with Crippen molar-refractivity contribution in [2.75, 3.05) is 7.11 Å². The molecule has 1 aromatic carbocycles. The minimum absolute atomic E-state index is 0.156. The highest BCUT2D eigenvalue weighted by molar-refractivity contribution is 6.22. The van der Waals surface area contributed by atoms with E-state index in [2.05, 4.69) is 39.0 Å². The number of aryl methyl sites for hydroxylation is 1. The van der Waals surface area contributed by atoms with Crippen LogP contribution in [-0.2, 0) is 11.8 Å². The smallest absolute Gasteiger partial charge is 0.119 e. The van der Waals surface area contributed by atoms with Gasteiger partial charge in [-0.1, -0.05) is 24.1 Å². The van der Waals surface area contributed by atoms with E-state index < -0.39 is 0 Å². The molecule has 0 radical (unpaired) electrons. The molecule has 0 aromatic heterocycles. The Kier molecular flexibility index (Phi) is 3.02. The molecule has 0 amide bonds. The van der Waals surface area contributed by atoms with E-state index in [0.29, 0.717) is 5.92 Å². The van der Waals surface area contributed by atoms with Gasteiger partial charge in [-0.2, -0.15) is 0 Å². The lowest BCUT2D eigenvalue weighted by Gasteiger charge is -2.57. The first-order valence-corrected chi connectivity index (χ1v) is 8.88. The van der Waals surface area contributed by atoms with E-state index in [9.17, 15) is 0 Å². The summed E-state index contributed by atoms with van der Waals surface area (Å²) >= 11 is 7.08. The number of fused-ring (bicyclic) bond motifs is 3. The maximum Gasteiger partial charge on any atom is 0.119 e. The van der Waals surface area contributed by atoms with Crippen molar-refractivity contribution in [2.45, 2.75) is 57.2 Å². The van der Waals surface area contributed by atoms with Crippen LogP contribution in [0.5, 0.6) is 5.75 Å². The first-order chi connectivity index (χ1) is 10.5. The van der Waals surface area contributed by atoms with Gasteiger partial charge in [0.15, 0.2) is 0 Å². The first-order valence-electron chi connectivity index (χ1n) is 8.45. The van der Waals surface area contributed by atoms with Gasteiger partial charge in [0.05, 0.1) is 12.5 Å². The number of alkyl halides is 1. The fourth-order valence-corrected chi connectivity index (χ4v) is 6.73. The summed E-state index contributed by atoms with van der Waals surface area (Å²) in [6, 6.07) is 6.67. The Morgan fingerprint density at radius 1 is 1.23 bits per heavy atom. The van der Waals surface area contributed by atoms with Crippen LogP contribution in [0.15, 0.2) is 29.3 Å². The predicted molar refractivity (Wildman–Crippen MR) is 91.8 cm³/mol. The molecule has 3 aliphatic rings. The third-order valence-electron chi connectivity index (χ3n) is 7.28. The highest BCUT2D eigenvalue weighted by atomic mass is 35.5. The van der Waals surface area contributed by atoms with Crippen LogP contribution in [0, 0.1) is 11.3 Å². The summed E-state index contributed by atoms with van der Waals surface area (Å²) in [6.07, 6.45) is 4.76. The van der Waals surface area contributed by atoms with Gasteiger partial charge in [0.2, 0.25) is 0 Å². The second-order valence-corrected chi connectivity index (χ2v) is 8.15. The summed E-state index contributed by atoms with van der Waals surface area (Å²) in [4.78, 5) is 0. The van der Waals surface area contributed by atoms with Gasteiger partial charge < -0.3 is 4.74 Å². The molecule has 1 nitrogen and oxygen atoms in total. The van der Waals surface area contributed by atoms with Gasteiger partial charge in [0, 0.05) is 10.8 Å². The lowest BCUT2D eigenvalue weighted by molar-refractivity contribution is 0.0881. The molecule has 0 aliphatic heterocycles. The molecule has 0 heterocycles. The van der Waals surface area contributed by atoms with Crippen LogP contribution in [0.25, 0.3) is 0 Å². The molecule has 0 saturated heterocycles. The van der Waals surface area contributed by atoms with E-state index in [0.717, 1.165) is 12.2 Å². The van der Waals surface area contributed by atoms with Gasteiger partial charge in [-0.05, 0) is 68.7 Å². The van der Waals surface area contributed by atoms with Crippen LogP contribution in [0.3, 0.4) is 0 Å². The van der Waals surface area contributed by atoms with Crippen molar-refractivity contribution in [3.05, 3.63) is 40.5 Å². The van der Waals surface area contributed by atoms with Crippen LogP contribution < -0.4 is 4.74 Å². The second-order valence-electron chi connectivity index (χ2n) is 7.68. The van der Waals surface area contributed by atoms with Gasteiger partial charge in [0.25, 0.3) is 0 Å². The van der Waals surface area contributed by atoms with Crippen LogP contribution in [0.2, 0.25) is 0 Å². The molecule has 22 heavy (non-hydrogen) atoms. The number of hydrogen-bond acceptors (Lipinski definition) is 1. The summed E-state index contributed by atoms with van der Waals surface area (Å²) in [5, 5.41) is 0.265. The lowest BCUT2D eigenvalue weighted by atomic mass is 9.48. The van der Waals surface area contributed by atoms with Gasteiger partial charge in [-0.25, -0.2) is 0 Å². The van der Waals surface area contributed by atoms with Crippen molar-refractivity contribution in [1.82, 2.24) is 0 Å². The number of allylic oxidation sites excluding steroid dienone is 2. The Morgan fingerprint density at radius 3 is 2.73 bits per heavy atom. The van der Waals surface area contributed by atoms with E-state index in [1.165, 1.54) is 30.4 Å². The number of methoxy groups -OCH3 is 1. The van der Waals surface area contributed by atoms with Gasteiger partial charge >= 0.3 is 0 Å². The lowest BCUT2D eigenvalue weighted by Crippen LogP contribution is -2.55. The van der Waals surface area contributed by atoms with Crippen molar-refractivity contribution in [3.63, 3.8) is 0 Å². The quantitative estimate of drug-likeness (QED) is 0.507. The Hall–Kier alpha value is -0.950. The Bertz CT molecular complexity index is 676. The Morgan fingerprint density at radius 2 is 2.00 bits per heavy atom. The molecule has 0 N–H and O–H groups in total. The van der Waals surface area contributed by atoms with E-state index in [1.807, 2.05) is 0 Å². The second kappa shape index (κ2) is 4.54. The largest absolute Gasteiger partial charge is 0.497 e. The molecule has 1 saturated carbocycles. The molecule has 0 unspecified atom stereocenters. The van der Waals surface area contributed by atoms with Crippen molar-refractivity contribution < 1.29 is 4.74 Å². The summed E-state index contributed by atoms with van der Waals surface area (Å²) in [5.74, 6) is 1.57. The molecular weight excluding hydrogens is 292 g/mol. The molecule has 3 aliphatic carbocycles. The van der Waals surface area contributed by atoms with Crippen LogP contribution in [0.1, 0.15) is 51.2 Å². The molecule has 2 bridgehead atoms. The number of halogens is 1. The van der Waals surface area contributed by atoms with E-state index in [4.69, 9.17) is 16.3 Å².